The Bertz CT molecular complexity index is 655. The maximum atomic E-state index is 13.1. The van der Waals surface area contributed by atoms with E-state index in [1.165, 1.54) is 11.0 Å². The molecule has 130 valence electrons. The summed E-state index contributed by atoms with van der Waals surface area (Å²) in [5.41, 5.74) is 1.22. The van der Waals surface area contributed by atoms with Gasteiger partial charge in [0.2, 0.25) is 5.91 Å². The third-order valence-electron chi connectivity index (χ3n) is 3.59. The van der Waals surface area contributed by atoms with Gasteiger partial charge in [0.15, 0.2) is 0 Å². The molecule has 0 saturated heterocycles. The average molecular weight is 340 g/mol. The SMILES string of the molecule is Cn1ncc(CCC(=O)NCC(Cc2ccccc2)C(F)(F)F)n1. The lowest BCUT2D eigenvalue weighted by Gasteiger charge is -2.20. The van der Waals surface area contributed by atoms with Gasteiger partial charge in [0.25, 0.3) is 0 Å². The molecule has 1 amide bonds. The first-order valence-electron chi connectivity index (χ1n) is 7.57. The first-order valence-corrected chi connectivity index (χ1v) is 7.57. The first-order chi connectivity index (χ1) is 11.3. The van der Waals surface area contributed by atoms with Gasteiger partial charge in [0.1, 0.15) is 0 Å². The van der Waals surface area contributed by atoms with Crippen molar-refractivity contribution in [2.45, 2.75) is 25.4 Å². The summed E-state index contributed by atoms with van der Waals surface area (Å²) in [4.78, 5) is 13.1. The van der Waals surface area contributed by atoms with Crippen LogP contribution in [-0.2, 0) is 24.7 Å². The molecule has 2 aromatic rings. The van der Waals surface area contributed by atoms with E-state index in [0.29, 0.717) is 17.7 Å². The van der Waals surface area contributed by atoms with Gasteiger partial charge in [-0.15, -0.1) is 0 Å². The van der Waals surface area contributed by atoms with E-state index < -0.39 is 24.5 Å². The molecule has 0 aliphatic carbocycles. The zero-order valence-electron chi connectivity index (χ0n) is 13.3. The monoisotopic (exact) mass is 340 g/mol. The Kier molecular flexibility index (Phi) is 5.94. The summed E-state index contributed by atoms with van der Waals surface area (Å²) in [7, 11) is 1.65. The van der Waals surface area contributed by atoms with Crippen LogP contribution >= 0.6 is 0 Å². The fourth-order valence-electron chi connectivity index (χ4n) is 2.27. The summed E-state index contributed by atoms with van der Waals surface area (Å²) in [6, 6.07) is 8.44. The van der Waals surface area contributed by atoms with Crippen LogP contribution in [-0.4, -0.2) is 33.6 Å². The smallest absolute Gasteiger partial charge is 0.355 e. The van der Waals surface area contributed by atoms with Crippen molar-refractivity contribution in [2.24, 2.45) is 13.0 Å². The molecule has 5 nitrogen and oxygen atoms in total. The summed E-state index contributed by atoms with van der Waals surface area (Å²) in [5, 5.41) is 10.3. The van der Waals surface area contributed by atoms with Crippen LogP contribution in [0.15, 0.2) is 36.5 Å². The Labute approximate surface area is 137 Å². The molecule has 0 saturated carbocycles. The molecule has 0 spiro atoms. The number of aromatic nitrogens is 3. The van der Waals surface area contributed by atoms with Crippen molar-refractivity contribution in [2.75, 3.05) is 6.54 Å². The number of rotatable bonds is 7. The van der Waals surface area contributed by atoms with E-state index in [9.17, 15) is 18.0 Å². The highest BCUT2D eigenvalue weighted by Crippen LogP contribution is 2.28. The number of benzene rings is 1. The van der Waals surface area contributed by atoms with Gasteiger partial charge in [-0.25, -0.2) is 0 Å². The second-order valence-electron chi connectivity index (χ2n) is 5.56. The molecule has 0 aliphatic heterocycles. The molecule has 8 heteroatoms. The largest absolute Gasteiger partial charge is 0.393 e. The maximum Gasteiger partial charge on any atom is 0.393 e. The molecular weight excluding hydrogens is 321 g/mol. The number of aryl methyl sites for hydroxylation is 2. The Morgan fingerprint density at radius 3 is 2.58 bits per heavy atom. The predicted molar refractivity (Wildman–Crippen MR) is 82.0 cm³/mol. The van der Waals surface area contributed by atoms with E-state index in [0.717, 1.165) is 0 Å². The zero-order valence-corrected chi connectivity index (χ0v) is 13.3. The number of hydrogen-bond acceptors (Lipinski definition) is 3. The number of halogens is 3. The topological polar surface area (TPSA) is 59.8 Å². The quantitative estimate of drug-likeness (QED) is 0.841. The number of hydrogen-bond donors (Lipinski definition) is 1. The van der Waals surface area contributed by atoms with E-state index in [-0.39, 0.29) is 12.8 Å². The Morgan fingerprint density at radius 2 is 2.00 bits per heavy atom. The van der Waals surface area contributed by atoms with Gasteiger partial charge < -0.3 is 5.32 Å². The lowest BCUT2D eigenvalue weighted by atomic mass is 9.98. The van der Waals surface area contributed by atoms with Crippen molar-refractivity contribution in [3.8, 4) is 0 Å². The van der Waals surface area contributed by atoms with E-state index in [4.69, 9.17) is 0 Å². The van der Waals surface area contributed by atoms with Gasteiger partial charge >= 0.3 is 6.18 Å². The van der Waals surface area contributed by atoms with Crippen LogP contribution in [0.2, 0.25) is 0 Å². The van der Waals surface area contributed by atoms with Crippen molar-refractivity contribution in [3.63, 3.8) is 0 Å². The van der Waals surface area contributed by atoms with Crippen LogP contribution in [0.1, 0.15) is 17.7 Å². The first kappa shape index (κ1) is 18.0. The molecule has 1 aromatic carbocycles. The number of nitrogens with one attached hydrogen (secondary N) is 1. The summed E-state index contributed by atoms with van der Waals surface area (Å²) >= 11 is 0. The fraction of sp³-hybridized carbons (Fsp3) is 0.438. The highest BCUT2D eigenvalue weighted by atomic mass is 19.4. The van der Waals surface area contributed by atoms with Gasteiger partial charge in [0, 0.05) is 26.4 Å². The van der Waals surface area contributed by atoms with Gasteiger partial charge in [-0.3, -0.25) is 4.79 Å². The molecule has 1 N–H and O–H groups in total. The predicted octanol–water partition coefficient (Wildman–Crippen LogP) is 2.29. The van der Waals surface area contributed by atoms with Crippen LogP contribution in [0.25, 0.3) is 0 Å². The number of amides is 1. The third kappa shape index (κ3) is 5.68. The van der Waals surface area contributed by atoms with Crippen LogP contribution in [0.4, 0.5) is 13.2 Å². The zero-order chi connectivity index (χ0) is 17.6. The number of nitrogens with zero attached hydrogens (tertiary/aromatic N) is 3. The highest BCUT2D eigenvalue weighted by molar-refractivity contribution is 5.76. The van der Waals surface area contributed by atoms with E-state index in [1.54, 1.807) is 37.4 Å². The minimum atomic E-state index is -4.37. The van der Waals surface area contributed by atoms with Gasteiger partial charge in [-0.1, -0.05) is 30.3 Å². The van der Waals surface area contributed by atoms with E-state index in [2.05, 4.69) is 15.5 Å². The number of carbonyl (C=O) groups is 1. The average Bonchev–Trinajstić information content (AvgIpc) is 2.95. The minimum Gasteiger partial charge on any atom is -0.355 e. The van der Waals surface area contributed by atoms with Crippen molar-refractivity contribution in [3.05, 3.63) is 47.8 Å². The van der Waals surface area contributed by atoms with Gasteiger partial charge in [0.05, 0.1) is 17.8 Å². The van der Waals surface area contributed by atoms with Crippen LogP contribution in [0, 0.1) is 5.92 Å². The molecule has 0 fully saturated rings. The molecule has 1 unspecified atom stereocenters. The molecule has 1 aromatic heterocycles. The highest BCUT2D eigenvalue weighted by Gasteiger charge is 2.39. The lowest BCUT2D eigenvalue weighted by Crippen LogP contribution is -2.37. The molecule has 0 bridgehead atoms. The van der Waals surface area contributed by atoms with Gasteiger partial charge in [-0.05, 0) is 12.0 Å². The lowest BCUT2D eigenvalue weighted by molar-refractivity contribution is -0.173. The molecule has 2 rings (SSSR count). The number of carbonyl (C=O) groups excluding carboxylic acids is 1. The summed E-state index contributed by atoms with van der Waals surface area (Å²) in [6.45, 7) is -0.433. The summed E-state index contributed by atoms with van der Waals surface area (Å²) in [6.07, 6.45) is -2.58. The van der Waals surface area contributed by atoms with E-state index in [1.807, 2.05) is 0 Å². The molecule has 0 aliphatic rings. The van der Waals surface area contributed by atoms with Crippen LogP contribution in [0.3, 0.4) is 0 Å². The van der Waals surface area contributed by atoms with E-state index >= 15 is 0 Å². The number of alkyl halides is 3. The minimum absolute atomic E-state index is 0.0780. The van der Waals surface area contributed by atoms with Crippen molar-refractivity contribution in [1.82, 2.24) is 20.3 Å². The second-order valence-corrected chi connectivity index (χ2v) is 5.56. The summed E-state index contributed by atoms with van der Waals surface area (Å²) < 4.78 is 39.4. The molecule has 1 atom stereocenters. The van der Waals surface area contributed by atoms with Crippen molar-refractivity contribution in [1.29, 1.82) is 0 Å². The third-order valence-corrected chi connectivity index (χ3v) is 3.59. The molecule has 24 heavy (non-hydrogen) atoms. The van der Waals surface area contributed by atoms with Crippen molar-refractivity contribution >= 4 is 5.91 Å². The van der Waals surface area contributed by atoms with Gasteiger partial charge in [-0.2, -0.15) is 28.2 Å². The van der Waals surface area contributed by atoms with Crippen molar-refractivity contribution < 1.29 is 18.0 Å². The molecular formula is C16H19F3N4O. The standard InChI is InChI=1S/C16H19F3N4O/c1-23-21-11-14(22-23)7-8-15(24)20-10-13(16(17,18)19)9-12-5-3-2-4-6-12/h2-6,11,13H,7-10H2,1H3,(H,20,24). The molecule has 1 heterocycles. The fourth-order valence-corrected chi connectivity index (χ4v) is 2.27. The summed E-state index contributed by atoms with van der Waals surface area (Å²) in [5.74, 6) is -2.04. The molecule has 0 radical (unpaired) electrons. The Balaban J connectivity index is 1.84. The Morgan fingerprint density at radius 1 is 1.29 bits per heavy atom. The Hall–Kier alpha value is -2.38. The maximum absolute atomic E-state index is 13.1. The van der Waals surface area contributed by atoms with Crippen LogP contribution < -0.4 is 5.32 Å². The normalized spacial score (nSPS) is 12.8. The second kappa shape index (κ2) is 7.94. The van der Waals surface area contributed by atoms with Crippen LogP contribution in [0.5, 0.6) is 0 Å².